The van der Waals surface area contributed by atoms with Crippen LogP contribution in [0.3, 0.4) is 0 Å². The number of aromatic nitrogens is 3. The molecule has 0 unspecified atom stereocenters. The summed E-state index contributed by atoms with van der Waals surface area (Å²) in [6, 6.07) is 1.93. The van der Waals surface area contributed by atoms with Gasteiger partial charge in [-0.3, -0.25) is 0 Å². The van der Waals surface area contributed by atoms with Gasteiger partial charge in [0, 0.05) is 18.0 Å². The lowest BCUT2D eigenvalue weighted by molar-refractivity contribution is 1.31. The van der Waals surface area contributed by atoms with Crippen LogP contribution in [0, 0.1) is 0 Å². The number of aromatic amines is 2. The van der Waals surface area contributed by atoms with Crippen LogP contribution in [0.2, 0.25) is 0 Å². The van der Waals surface area contributed by atoms with Crippen LogP contribution in [-0.2, 0) is 0 Å². The third-order valence-corrected chi connectivity index (χ3v) is 2.12. The van der Waals surface area contributed by atoms with Gasteiger partial charge in [-0.1, -0.05) is 0 Å². The Morgan fingerprint density at radius 2 is 2.33 bits per heavy atom. The van der Waals surface area contributed by atoms with Crippen molar-refractivity contribution in [2.45, 2.75) is 0 Å². The van der Waals surface area contributed by atoms with Crippen LogP contribution in [0.15, 0.2) is 23.1 Å². The highest BCUT2D eigenvalue weighted by atomic mass is 79.9. The second-order valence-electron chi connectivity index (χ2n) is 2.38. The molecule has 0 atom stereocenters. The predicted molar refractivity (Wildman–Crippen MR) is 50.5 cm³/mol. The maximum Gasteiger partial charge on any atom is 0.198 e. The van der Waals surface area contributed by atoms with E-state index in [1.807, 2.05) is 18.5 Å². The van der Waals surface area contributed by atoms with E-state index in [1.54, 1.807) is 0 Å². The Bertz CT molecular complexity index is 376. The minimum Gasteiger partial charge on any atom is -0.369 e. The molecule has 0 saturated carbocycles. The van der Waals surface area contributed by atoms with Crippen LogP contribution in [-0.4, -0.2) is 15.0 Å². The van der Waals surface area contributed by atoms with Gasteiger partial charge >= 0.3 is 0 Å². The van der Waals surface area contributed by atoms with Crippen molar-refractivity contribution < 1.29 is 0 Å². The van der Waals surface area contributed by atoms with Gasteiger partial charge in [0.15, 0.2) is 5.95 Å². The molecule has 2 aromatic rings. The van der Waals surface area contributed by atoms with E-state index in [9.17, 15) is 0 Å². The second kappa shape index (κ2) is 2.67. The first-order valence-corrected chi connectivity index (χ1v) is 4.21. The first-order valence-electron chi connectivity index (χ1n) is 3.41. The zero-order valence-corrected chi connectivity index (χ0v) is 7.72. The van der Waals surface area contributed by atoms with Gasteiger partial charge < -0.3 is 15.7 Å². The molecule has 0 fully saturated rings. The Balaban J connectivity index is 2.54. The lowest BCUT2D eigenvalue weighted by Crippen LogP contribution is -1.84. The Morgan fingerprint density at radius 1 is 1.50 bits per heavy atom. The summed E-state index contributed by atoms with van der Waals surface area (Å²) < 4.78 is 0.805. The molecule has 0 saturated heterocycles. The molecule has 62 valence electrons. The maximum atomic E-state index is 5.48. The fourth-order valence-electron chi connectivity index (χ4n) is 1.03. The minimum absolute atomic E-state index is 0.415. The standard InChI is InChI=1S/C7H7BrN4/c8-6-5(11-7(9)12-6)4-1-2-10-3-4/h1-3,10H,(H3,9,11,12). The van der Waals surface area contributed by atoms with Crippen molar-refractivity contribution in [1.82, 2.24) is 15.0 Å². The van der Waals surface area contributed by atoms with Crippen molar-refractivity contribution in [3.05, 3.63) is 23.1 Å². The summed E-state index contributed by atoms with van der Waals surface area (Å²) in [5, 5.41) is 0. The van der Waals surface area contributed by atoms with Gasteiger partial charge in [0.25, 0.3) is 0 Å². The summed E-state index contributed by atoms with van der Waals surface area (Å²) in [7, 11) is 0. The van der Waals surface area contributed by atoms with Gasteiger partial charge in [-0.05, 0) is 22.0 Å². The first kappa shape index (κ1) is 7.42. The van der Waals surface area contributed by atoms with Crippen molar-refractivity contribution >= 4 is 21.9 Å². The second-order valence-corrected chi connectivity index (χ2v) is 3.18. The molecule has 4 nitrogen and oxygen atoms in total. The molecule has 0 radical (unpaired) electrons. The van der Waals surface area contributed by atoms with Crippen LogP contribution in [0.4, 0.5) is 5.95 Å². The number of H-pyrrole nitrogens is 2. The molecule has 2 rings (SSSR count). The lowest BCUT2D eigenvalue weighted by Gasteiger charge is -1.88. The topological polar surface area (TPSA) is 70.5 Å². The van der Waals surface area contributed by atoms with E-state index in [4.69, 9.17) is 5.73 Å². The van der Waals surface area contributed by atoms with Gasteiger partial charge in [-0.25, -0.2) is 4.98 Å². The smallest absolute Gasteiger partial charge is 0.198 e. The summed E-state index contributed by atoms with van der Waals surface area (Å²) >= 11 is 3.33. The molecule has 2 heterocycles. The largest absolute Gasteiger partial charge is 0.369 e. The van der Waals surface area contributed by atoms with Gasteiger partial charge in [0.2, 0.25) is 0 Å². The molecule has 0 bridgehead atoms. The number of rotatable bonds is 1. The van der Waals surface area contributed by atoms with Crippen LogP contribution in [0.1, 0.15) is 0 Å². The number of hydrogen-bond acceptors (Lipinski definition) is 2. The molecule has 0 aliphatic heterocycles. The quantitative estimate of drug-likeness (QED) is 0.694. The Hall–Kier alpha value is -1.23. The minimum atomic E-state index is 0.415. The molecule has 2 aromatic heterocycles. The van der Waals surface area contributed by atoms with E-state index in [2.05, 4.69) is 30.9 Å². The zero-order chi connectivity index (χ0) is 8.55. The van der Waals surface area contributed by atoms with Crippen LogP contribution >= 0.6 is 15.9 Å². The number of nitrogen functional groups attached to an aromatic ring is 1. The monoisotopic (exact) mass is 226 g/mol. The van der Waals surface area contributed by atoms with E-state index in [1.165, 1.54) is 0 Å². The zero-order valence-electron chi connectivity index (χ0n) is 6.13. The molecule has 0 aliphatic carbocycles. The molecule has 4 N–H and O–H groups in total. The van der Waals surface area contributed by atoms with E-state index < -0.39 is 0 Å². The maximum absolute atomic E-state index is 5.48. The van der Waals surface area contributed by atoms with E-state index >= 15 is 0 Å². The normalized spacial score (nSPS) is 10.4. The highest BCUT2D eigenvalue weighted by molar-refractivity contribution is 9.10. The Labute approximate surface area is 77.3 Å². The third-order valence-electron chi connectivity index (χ3n) is 1.55. The van der Waals surface area contributed by atoms with Crippen molar-refractivity contribution in [2.24, 2.45) is 0 Å². The van der Waals surface area contributed by atoms with Gasteiger partial charge in [0.1, 0.15) is 10.3 Å². The number of imidazole rings is 1. The summed E-state index contributed by atoms with van der Waals surface area (Å²) in [5.41, 5.74) is 7.32. The number of nitrogens with zero attached hydrogens (tertiary/aromatic N) is 1. The molecular formula is C7H7BrN4. The summed E-state index contributed by atoms with van der Waals surface area (Å²) in [6.45, 7) is 0. The van der Waals surface area contributed by atoms with Crippen LogP contribution in [0.25, 0.3) is 11.3 Å². The molecular weight excluding hydrogens is 220 g/mol. The molecule has 12 heavy (non-hydrogen) atoms. The first-order chi connectivity index (χ1) is 5.77. The van der Waals surface area contributed by atoms with E-state index in [0.717, 1.165) is 15.9 Å². The Morgan fingerprint density at radius 3 is 2.83 bits per heavy atom. The summed E-state index contributed by atoms with van der Waals surface area (Å²) in [5.74, 6) is 0.415. The van der Waals surface area contributed by atoms with Crippen LogP contribution < -0.4 is 5.73 Å². The number of hydrogen-bond donors (Lipinski definition) is 3. The van der Waals surface area contributed by atoms with Crippen molar-refractivity contribution in [3.63, 3.8) is 0 Å². The van der Waals surface area contributed by atoms with Crippen molar-refractivity contribution in [3.8, 4) is 11.3 Å². The molecule has 5 heteroatoms. The predicted octanol–water partition coefficient (Wildman–Crippen LogP) is 1.75. The fraction of sp³-hybridized carbons (Fsp3) is 0. The highest BCUT2D eigenvalue weighted by Gasteiger charge is 2.07. The highest BCUT2D eigenvalue weighted by Crippen LogP contribution is 2.25. The lowest BCUT2D eigenvalue weighted by atomic mass is 10.3. The van der Waals surface area contributed by atoms with Gasteiger partial charge in [-0.2, -0.15) is 0 Å². The number of anilines is 1. The summed E-state index contributed by atoms with van der Waals surface area (Å²) in [6.07, 6.45) is 3.70. The molecule has 0 amide bonds. The number of halogens is 1. The number of nitrogens with two attached hydrogens (primary N) is 1. The van der Waals surface area contributed by atoms with Gasteiger partial charge in [0.05, 0.1) is 0 Å². The third kappa shape index (κ3) is 1.12. The number of nitrogens with one attached hydrogen (secondary N) is 2. The average Bonchev–Trinajstić information content (AvgIpc) is 2.58. The van der Waals surface area contributed by atoms with E-state index in [0.29, 0.717) is 5.95 Å². The summed E-state index contributed by atoms with van der Waals surface area (Å²) in [4.78, 5) is 9.92. The van der Waals surface area contributed by atoms with Gasteiger partial charge in [-0.15, -0.1) is 0 Å². The Kier molecular flexibility index (Phi) is 1.65. The van der Waals surface area contributed by atoms with Crippen molar-refractivity contribution in [2.75, 3.05) is 5.73 Å². The van der Waals surface area contributed by atoms with Crippen molar-refractivity contribution in [1.29, 1.82) is 0 Å². The molecule has 0 aliphatic rings. The molecule has 0 spiro atoms. The molecule has 0 aromatic carbocycles. The van der Waals surface area contributed by atoms with Crippen LogP contribution in [0.5, 0.6) is 0 Å². The van der Waals surface area contributed by atoms with E-state index in [-0.39, 0.29) is 0 Å². The fourth-order valence-corrected chi connectivity index (χ4v) is 1.55. The average molecular weight is 227 g/mol. The SMILES string of the molecule is Nc1nc(-c2cc[nH]c2)c(Br)[nH]1.